The molecule has 3 aliphatic rings. The van der Waals surface area contributed by atoms with Gasteiger partial charge in [-0.3, -0.25) is 0 Å². The molecule has 5 heteroatoms. The lowest BCUT2D eigenvalue weighted by Gasteiger charge is -2.33. The molecule has 130 valence electrons. The summed E-state index contributed by atoms with van der Waals surface area (Å²) in [6.07, 6.45) is 1.24. The Hall–Kier alpha value is -0.870. The molecule has 0 saturated carbocycles. The fraction of sp³-hybridized carbons (Fsp3) is 0.400. The summed E-state index contributed by atoms with van der Waals surface area (Å²) in [5, 5.41) is 5.02. The smallest absolute Gasteiger partial charge is 0.0499 e. The maximum atomic E-state index is 6.51. The van der Waals surface area contributed by atoms with Crippen LogP contribution in [0.5, 0.6) is 0 Å². The van der Waals surface area contributed by atoms with E-state index >= 15 is 0 Å². The Labute approximate surface area is 162 Å². The number of halogens is 2. The van der Waals surface area contributed by atoms with Crippen molar-refractivity contribution in [3.05, 3.63) is 51.5 Å². The highest BCUT2D eigenvalue weighted by atomic mass is 35.5. The molecule has 1 N–H and O–H groups in total. The van der Waals surface area contributed by atoms with Crippen LogP contribution in [-0.2, 0) is 5.75 Å². The minimum atomic E-state index is 0.594. The van der Waals surface area contributed by atoms with Gasteiger partial charge < -0.3 is 10.2 Å². The van der Waals surface area contributed by atoms with Gasteiger partial charge in [0.25, 0.3) is 0 Å². The summed E-state index contributed by atoms with van der Waals surface area (Å²) in [7, 11) is 0. The Kier molecular flexibility index (Phi) is 4.16. The van der Waals surface area contributed by atoms with Crippen molar-refractivity contribution in [2.75, 3.05) is 30.3 Å². The van der Waals surface area contributed by atoms with Gasteiger partial charge in [-0.25, -0.2) is 0 Å². The summed E-state index contributed by atoms with van der Waals surface area (Å²) in [6, 6.07) is 11.2. The molecule has 25 heavy (non-hydrogen) atoms. The second kappa shape index (κ2) is 6.38. The average molecular weight is 391 g/mol. The Morgan fingerprint density at radius 3 is 2.96 bits per heavy atom. The van der Waals surface area contributed by atoms with Crippen LogP contribution < -0.4 is 10.2 Å². The van der Waals surface area contributed by atoms with Gasteiger partial charge in [-0.15, -0.1) is 0 Å². The van der Waals surface area contributed by atoms with Gasteiger partial charge in [0.05, 0.1) is 0 Å². The average Bonchev–Trinajstić information content (AvgIpc) is 2.77. The maximum absolute atomic E-state index is 6.51. The zero-order valence-corrected chi connectivity index (χ0v) is 16.2. The maximum Gasteiger partial charge on any atom is 0.0499 e. The van der Waals surface area contributed by atoms with Crippen LogP contribution in [0.4, 0.5) is 5.69 Å². The highest BCUT2D eigenvalue weighted by Gasteiger charge is 2.41. The number of rotatable bonds is 1. The van der Waals surface area contributed by atoms with E-state index in [-0.39, 0.29) is 0 Å². The van der Waals surface area contributed by atoms with Crippen molar-refractivity contribution in [3.63, 3.8) is 0 Å². The van der Waals surface area contributed by atoms with Gasteiger partial charge in [-0.05, 0) is 53.9 Å². The molecule has 0 aliphatic carbocycles. The Bertz CT molecular complexity index is 839. The van der Waals surface area contributed by atoms with Crippen LogP contribution in [0.15, 0.2) is 30.3 Å². The normalized spacial score (nSPS) is 24.6. The molecule has 0 unspecified atom stereocenters. The highest BCUT2D eigenvalue weighted by Crippen LogP contribution is 2.49. The minimum Gasteiger partial charge on any atom is -0.367 e. The van der Waals surface area contributed by atoms with Crippen LogP contribution in [0.3, 0.4) is 0 Å². The number of fused-ring (bicyclic) bond motifs is 3. The molecule has 3 heterocycles. The second-order valence-electron chi connectivity index (χ2n) is 7.11. The van der Waals surface area contributed by atoms with E-state index in [1.54, 1.807) is 0 Å². The molecule has 0 amide bonds. The van der Waals surface area contributed by atoms with Gasteiger partial charge >= 0.3 is 0 Å². The van der Waals surface area contributed by atoms with Crippen LogP contribution >= 0.6 is 35.0 Å². The highest BCUT2D eigenvalue weighted by molar-refractivity contribution is 7.98. The van der Waals surface area contributed by atoms with E-state index in [0.29, 0.717) is 17.0 Å². The Balaban J connectivity index is 1.69. The third-order valence-electron chi connectivity index (χ3n) is 5.73. The Morgan fingerprint density at radius 2 is 2.08 bits per heavy atom. The first-order valence-corrected chi connectivity index (χ1v) is 10.8. The van der Waals surface area contributed by atoms with Crippen molar-refractivity contribution < 1.29 is 0 Å². The zero-order chi connectivity index (χ0) is 17.0. The molecule has 0 radical (unpaired) electrons. The van der Waals surface area contributed by atoms with E-state index in [1.165, 1.54) is 41.1 Å². The summed E-state index contributed by atoms with van der Waals surface area (Å²) in [5.74, 6) is 2.89. The van der Waals surface area contributed by atoms with Crippen molar-refractivity contribution >= 4 is 40.7 Å². The van der Waals surface area contributed by atoms with Crippen molar-refractivity contribution in [1.29, 1.82) is 0 Å². The van der Waals surface area contributed by atoms with Crippen molar-refractivity contribution in [3.8, 4) is 11.1 Å². The molecule has 3 aliphatic heterocycles. The largest absolute Gasteiger partial charge is 0.367 e. The number of benzene rings is 2. The van der Waals surface area contributed by atoms with E-state index in [2.05, 4.69) is 22.3 Å². The number of thioether (sulfide) groups is 1. The fourth-order valence-electron chi connectivity index (χ4n) is 4.66. The SMILES string of the molecule is Clc1ccc(-c2cc3c4c(c2)[C@@H]2CNCC[C@@H]2N4CCSC3)c(Cl)c1. The van der Waals surface area contributed by atoms with E-state index in [4.69, 9.17) is 23.2 Å². The van der Waals surface area contributed by atoms with E-state index < -0.39 is 0 Å². The molecule has 2 aromatic rings. The first-order chi connectivity index (χ1) is 12.2. The van der Waals surface area contributed by atoms with Gasteiger partial charge in [0, 0.05) is 57.9 Å². The van der Waals surface area contributed by atoms with Gasteiger partial charge in [-0.2, -0.15) is 11.8 Å². The van der Waals surface area contributed by atoms with Gasteiger partial charge in [0.15, 0.2) is 0 Å². The van der Waals surface area contributed by atoms with Crippen molar-refractivity contribution in [2.24, 2.45) is 0 Å². The van der Waals surface area contributed by atoms with Crippen LogP contribution in [0.1, 0.15) is 23.5 Å². The van der Waals surface area contributed by atoms with Gasteiger partial charge in [0.1, 0.15) is 0 Å². The first-order valence-electron chi connectivity index (χ1n) is 8.90. The van der Waals surface area contributed by atoms with E-state index in [9.17, 15) is 0 Å². The van der Waals surface area contributed by atoms with Gasteiger partial charge in [-0.1, -0.05) is 29.3 Å². The lowest BCUT2D eigenvalue weighted by Crippen LogP contribution is -2.44. The van der Waals surface area contributed by atoms with E-state index in [0.717, 1.165) is 29.4 Å². The van der Waals surface area contributed by atoms with Crippen molar-refractivity contribution in [2.45, 2.75) is 24.1 Å². The number of nitrogens with zero attached hydrogens (tertiary/aromatic N) is 1. The molecule has 1 saturated heterocycles. The van der Waals surface area contributed by atoms with Crippen LogP contribution in [0.2, 0.25) is 10.0 Å². The number of hydrogen-bond donors (Lipinski definition) is 1. The first kappa shape index (κ1) is 16.3. The molecule has 5 rings (SSSR count). The molecule has 0 bridgehead atoms. The van der Waals surface area contributed by atoms with Crippen LogP contribution in [0, 0.1) is 0 Å². The Morgan fingerprint density at radius 1 is 1.16 bits per heavy atom. The summed E-state index contributed by atoms with van der Waals surface area (Å²) in [6.45, 7) is 3.38. The minimum absolute atomic E-state index is 0.594. The van der Waals surface area contributed by atoms with Crippen molar-refractivity contribution in [1.82, 2.24) is 5.32 Å². The topological polar surface area (TPSA) is 15.3 Å². The number of hydrogen-bond acceptors (Lipinski definition) is 3. The monoisotopic (exact) mass is 390 g/mol. The summed E-state index contributed by atoms with van der Waals surface area (Å²) in [4.78, 5) is 2.70. The summed E-state index contributed by atoms with van der Waals surface area (Å²) < 4.78 is 0. The third kappa shape index (κ3) is 2.68. The third-order valence-corrected chi connectivity index (χ3v) is 7.26. The molecular formula is C20H20Cl2N2S. The molecule has 2 nitrogen and oxygen atoms in total. The fourth-order valence-corrected chi connectivity index (χ4v) is 6.09. The molecular weight excluding hydrogens is 371 g/mol. The molecule has 0 spiro atoms. The van der Waals surface area contributed by atoms with Gasteiger partial charge in [0.2, 0.25) is 0 Å². The summed E-state index contributed by atoms with van der Waals surface area (Å²) >= 11 is 14.6. The standard InChI is InChI=1S/C20H20Cl2N2S/c21-14-1-2-15(18(22)9-14)12-7-13-11-25-6-5-24-19-3-4-23-10-17(19)16(8-12)20(13)24/h1-2,7-9,17,19,23H,3-6,10-11H2/t17-,19-/m0/s1. The number of nitrogens with one attached hydrogen (secondary N) is 1. The quantitative estimate of drug-likeness (QED) is 0.722. The van der Waals surface area contributed by atoms with E-state index in [1.807, 2.05) is 30.0 Å². The molecule has 2 aromatic carbocycles. The second-order valence-corrected chi connectivity index (χ2v) is 9.06. The predicted octanol–water partition coefficient (Wildman–Crippen LogP) is 5.17. The van der Waals surface area contributed by atoms with Crippen LogP contribution in [-0.4, -0.2) is 31.4 Å². The zero-order valence-electron chi connectivity index (χ0n) is 13.9. The number of piperidine rings is 1. The lowest BCUT2D eigenvalue weighted by molar-refractivity contribution is 0.406. The molecule has 0 aromatic heterocycles. The van der Waals surface area contributed by atoms with Crippen LogP contribution in [0.25, 0.3) is 11.1 Å². The molecule has 2 atom stereocenters. The lowest BCUT2D eigenvalue weighted by atomic mass is 9.88. The number of anilines is 1. The molecule has 1 fully saturated rings. The predicted molar refractivity (Wildman–Crippen MR) is 109 cm³/mol. The summed E-state index contributed by atoms with van der Waals surface area (Å²) in [5.41, 5.74) is 6.80.